The fourth-order valence-corrected chi connectivity index (χ4v) is 2.60. The Kier molecular flexibility index (Phi) is 3.83. The first kappa shape index (κ1) is 9.99. The van der Waals surface area contributed by atoms with Crippen molar-refractivity contribution in [2.75, 3.05) is 25.0 Å². The van der Waals surface area contributed by atoms with Gasteiger partial charge in [0.2, 0.25) is 0 Å². The second-order valence-electron chi connectivity index (χ2n) is 3.91. The second kappa shape index (κ2) is 5.37. The fourth-order valence-electron chi connectivity index (χ4n) is 1.95. The topological polar surface area (TPSA) is 24.1 Å². The molecule has 1 aromatic rings. The van der Waals surface area contributed by atoms with Crippen LogP contribution in [0.15, 0.2) is 17.5 Å². The number of rotatable bonds is 4. The smallest absolute Gasteiger partial charge is 0.0882 e. The molecule has 0 aromatic carbocycles. The van der Waals surface area contributed by atoms with Crippen LogP contribution in [0.4, 0.5) is 5.00 Å². The third-order valence-corrected chi connectivity index (χ3v) is 3.60. The summed E-state index contributed by atoms with van der Waals surface area (Å²) in [7, 11) is 0. The van der Waals surface area contributed by atoms with Crippen LogP contribution in [0.2, 0.25) is 0 Å². The van der Waals surface area contributed by atoms with Crippen LogP contribution in [0.25, 0.3) is 0 Å². The highest BCUT2D eigenvalue weighted by atomic mass is 32.1. The Morgan fingerprint density at radius 3 is 3.29 bits per heavy atom. The maximum Gasteiger partial charge on any atom is 0.0882 e. The van der Waals surface area contributed by atoms with Gasteiger partial charge < -0.3 is 10.6 Å². The van der Waals surface area contributed by atoms with Gasteiger partial charge in [0.1, 0.15) is 0 Å². The molecule has 14 heavy (non-hydrogen) atoms. The average molecular weight is 210 g/mol. The summed E-state index contributed by atoms with van der Waals surface area (Å²) in [5.41, 5.74) is 0. The molecule has 1 aliphatic rings. The largest absolute Gasteiger partial charge is 0.377 e. The van der Waals surface area contributed by atoms with E-state index in [1.54, 1.807) is 11.3 Å². The lowest BCUT2D eigenvalue weighted by atomic mass is 9.96. The van der Waals surface area contributed by atoms with E-state index in [9.17, 15) is 0 Å². The summed E-state index contributed by atoms with van der Waals surface area (Å²) in [6, 6.07) is 4.24. The molecule has 1 saturated heterocycles. The Morgan fingerprint density at radius 2 is 2.57 bits per heavy atom. The average Bonchev–Trinajstić information content (AvgIpc) is 2.72. The normalized spacial score (nSPS) is 22.1. The molecule has 1 aromatic heterocycles. The van der Waals surface area contributed by atoms with E-state index in [-0.39, 0.29) is 0 Å². The number of anilines is 1. The number of nitrogens with one attached hydrogen (secondary N) is 2. The van der Waals surface area contributed by atoms with E-state index >= 15 is 0 Å². The van der Waals surface area contributed by atoms with Crippen LogP contribution in [-0.4, -0.2) is 19.6 Å². The Bertz CT molecular complexity index is 240. The zero-order valence-corrected chi connectivity index (χ0v) is 9.28. The van der Waals surface area contributed by atoms with Gasteiger partial charge in [-0.3, -0.25) is 0 Å². The predicted octanol–water partition coefficient (Wildman–Crippen LogP) is 2.55. The third-order valence-electron chi connectivity index (χ3n) is 2.77. The summed E-state index contributed by atoms with van der Waals surface area (Å²) in [6.07, 6.45) is 4.05. The number of piperidine rings is 1. The first-order valence-electron chi connectivity index (χ1n) is 5.43. The van der Waals surface area contributed by atoms with Crippen LogP contribution in [0.3, 0.4) is 0 Å². The van der Waals surface area contributed by atoms with Gasteiger partial charge in [-0.25, -0.2) is 0 Å². The van der Waals surface area contributed by atoms with Crippen LogP contribution in [0, 0.1) is 5.92 Å². The van der Waals surface area contributed by atoms with E-state index < -0.39 is 0 Å². The van der Waals surface area contributed by atoms with Crippen molar-refractivity contribution in [2.45, 2.75) is 19.3 Å². The molecule has 1 atom stereocenters. The molecule has 1 fully saturated rings. The van der Waals surface area contributed by atoms with E-state index in [2.05, 4.69) is 28.1 Å². The van der Waals surface area contributed by atoms with Crippen LogP contribution in [-0.2, 0) is 0 Å². The van der Waals surface area contributed by atoms with Crippen LogP contribution in [0.1, 0.15) is 19.3 Å². The minimum atomic E-state index is 0.885. The van der Waals surface area contributed by atoms with Crippen molar-refractivity contribution in [3.05, 3.63) is 17.5 Å². The van der Waals surface area contributed by atoms with Crippen molar-refractivity contribution in [2.24, 2.45) is 5.92 Å². The van der Waals surface area contributed by atoms with E-state index in [4.69, 9.17) is 0 Å². The van der Waals surface area contributed by atoms with Crippen molar-refractivity contribution in [3.63, 3.8) is 0 Å². The highest BCUT2D eigenvalue weighted by Gasteiger charge is 2.11. The second-order valence-corrected chi connectivity index (χ2v) is 4.85. The van der Waals surface area contributed by atoms with Gasteiger partial charge in [-0.15, -0.1) is 11.3 Å². The molecule has 2 rings (SSSR count). The highest BCUT2D eigenvalue weighted by molar-refractivity contribution is 7.14. The van der Waals surface area contributed by atoms with E-state index in [0.29, 0.717) is 0 Å². The maximum atomic E-state index is 3.46. The van der Waals surface area contributed by atoms with Gasteiger partial charge in [0.05, 0.1) is 5.00 Å². The fraction of sp³-hybridized carbons (Fsp3) is 0.636. The lowest BCUT2D eigenvalue weighted by molar-refractivity contribution is 0.364. The van der Waals surface area contributed by atoms with E-state index in [1.807, 2.05) is 0 Å². The Hall–Kier alpha value is -0.540. The third kappa shape index (κ3) is 3.00. The molecule has 0 amide bonds. The first-order chi connectivity index (χ1) is 6.95. The molecule has 0 aliphatic carbocycles. The number of thiophene rings is 1. The van der Waals surface area contributed by atoms with Gasteiger partial charge in [0.15, 0.2) is 0 Å². The predicted molar refractivity (Wildman–Crippen MR) is 63.0 cm³/mol. The van der Waals surface area contributed by atoms with Crippen molar-refractivity contribution in [1.29, 1.82) is 0 Å². The molecule has 1 aliphatic heterocycles. The molecule has 2 heterocycles. The Labute approximate surface area is 89.7 Å². The summed E-state index contributed by atoms with van der Waals surface area (Å²) in [5.74, 6) is 0.885. The molecule has 78 valence electrons. The summed E-state index contributed by atoms with van der Waals surface area (Å²) in [4.78, 5) is 0. The van der Waals surface area contributed by atoms with Crippen LogP contribution < -0.4 is 10.6 Å². The van der Waals surface area contributed by atoms with Gasteiger partial charge in [-0.2, -0.15) is 0 Å². The monoisotopic (exact) mass is 210 g/mol. The molecule has 0 saturated carbocycles. The number of hydrogen-bond donors (Lipinski definition) is 2. The van der Waals surface area contributed by atoms with Crippen molar-refractivity contribution in [1.82, 2.24) is 5.32 Å². The molecule has 0 bridgehead atoms. The zero-order chi connectivity index (χ0) is 9.64. The minimum Gasteiger partial charge on any atom is -0.377 e. The van der Waals surface area contributed by atoms with Gasteiger partial charge in [0, 0.05) is 6.54 Å². The summed E-state index contributed by atoms with van der Waals surface area (Å²) in [5, 5.41) is 10.3. The summed E-state index contributed by atoms with van der Waals surface area (Å²) < 4.78 is 0. The van der Waals surface area contributed by atoms with Crippen LogP contribution >= 0.6 is 11.3 Å². The Balaban J connectivity index is 1.62. The van der Waals surface area contributed by atoms with E-state index in [0.717, 1.165) is 12.5 Å². The SMILES string of the molecule is c1csc(NCCC2CCCNC2)c1. The molecule has 2 N–H and O–H groups in total. The maximum absolute atomic E-state index is 3.46. The van der Waals surface area contributed by atoms with Gasteiger partial charge in [-0.1, -0.05) is 0 Å². The standard InChI is InChI=1S/C11H18N2S/c1-3-10(9-12-6-1)5-7-13-11-4-2-8-14-11/h2,4,8,10,12-13H,1,3,5-7,9H2. The lowest BCUT2D eigenvalue weighted by Gasteiger charge is -2.22. The molecule has 0 spiro atoms. The zero-order valence-electron chi connectivity index (χ0n) is 8.46. The molecular weight excluding hydrogens is 192 g/mol. The first-order valence-corrected chi connectivity index (χ1v) is 6.31. The molecule has 3 heteroatoms. The molecule has 1 unspecified atom stereocenters. The van der Waals surface area contributed by atoms with Crippen molar-refractivity contribution >= 4 is 16.3 Å². The van der Waals surface area contributed by atoms with Gasteiger partial charge in [0.25, 0.3) is 0 Å². The van der Waals surface area contributed by atoms with Crippen molar-refractivity contribution < 1.29 is 0 Å². The number of hydrogen-bond acceptors (Lipinski definition) is 3. The van der Waals surface area contributed by atoms with Gasteiger partial charge >= 0.3 is 0 Å². The minimum absolute atomic E-state index is 0.885. The van der Waals surface area contributed by atoms with Gasteiger partial charge in [-0.05, 0) is 55.8 Å². The molecular formula is C11H18N2S. The molecule has 0 radical (unpaired) electrons. The molecule has 2 nitrogen and oxygen atoms in total. The Morgan fingerprint density at radius 1 is 1.57 bits per heavy atom. The van der Waals surface area contributed by atoms with Crippen LogP contribution in [0.5, 0.6) is 0 Å². The summed E-state index contributed by atoms with van der Waals surface area (Å²) >= 11 is 1.78. The quantitative estimate of drug-likeness (QED) is 0.798. The lowest BCUT2D eigenvalue weighted by Crippen LogP contribution is -2.30. The highest BCUT2D eigenvalue weighted by Crippen LogP contribution is 2.17. The summed E-state index contributed by atoms with van der Waals surface area (Å²) in [6.45, 7) is 3.55. The van der Waals surface area contributed by atoms with E-state index in [1.165, 1.54) is 37.4 Å². The van der Waals surface area contributed by atoms with Crippen molar-refractivity contribution in [3.8, 4) is 0 Å².